The van der Waals surface area contributed by atoms with Gasteiger partial charge in [0, 0.05) is 12.8 Å². The molecule has 0 aromatic carbocycles. The molecule has 12 heavy (non-hydrogen) atoms. The molecule has 1 atom stereocenters. The second kappa shape index (κ2) is 2.65. The van der Waals surface area contributed by atoms with E-state index in [1.54, 1.807) is 0 Å². The number of hydrogen-bond donors (Lipinski definition) is 2. The van der Waals surface area contributed by atoms with Gasteiger partial charge >= 0.3 is 5.97 Å². The summed E-state index contributed by atoms with van der Waals surface area (Å²) in [7, 11) is 0. The molecule has 1 aliphatic rings. The van der Waals surface area contributed by atoms with Gasteiger partial charge in [0.1, 0.15) is 0 Å². The summed E-state index contributed by atoms with van der Waals surface area (Å²) in [6, 6.07) is 0. The van der Waals surface area contributed by atoms with Gasteiger partial charge in [0.15, 0.2) is 0 Å². The molecular weight excluding hydrogens is 170 g/mol. The van der Waals surface area contributed by atoms with Gasteiger partial charge in [-0.1, -0.05) is 0 Å². The minimum atomic E-state index is -2.93. The van der Waals surface area contributed by atoms with Gasteiger partial charge in [-0.15, -0.1) is 0 Å². The monoisotopic (exact) mass is 180 g/mol. The quantitative estimate of drug-likeness (QED) is 0.662. The molecule has 3 nitrogen and oxygen atoms in total. The number of rotatable bonds is 2. The molecular formula is C7H10F2O3. The van der Waals surface area contributed by atoms with Crippen LogP contribution in [0, 0.1) is 5.41 Å². The largest absolute Gasteiger partial charge is 0.481 e. The van der Waals surface area contributed by atoms with Gasteiger partial charge < -0.3 is 10.2 Å². The summed E-state index contributed by atoms with van der Waals surface area (Å²) in [5.41, 5.74) is -1.61. The van der Waals surface area contributed by atoms with Gasteiger partial charge in [-0.2, -0.15) is 0 Å². The molecule has 2 N–H and O–H groups in total. The molecule has 0 bridgehead atoms. The Hall–Kier alpha value is -0.710. The number of aliphatic hydroxyl groups excluding tert-OH is 1. The van der Waals surface area contributed by atoms with E-state index >= 15 is 0 Å². The Morgan fingerprint density at radius 1 is 1.42 bits per heavy atom. The molecule has 0 spiro atoms. The van der Waals surface area contributed by atoms with Crippen molar-refractivity contribution in [1.29, 1.82) is 0 Å². The van der Waals surface area contributed by atoms with Crippen LogP contribution >= 0.6 is 0 Å². The molecule has 0 saturated heterocycles. The Morgan fingerprint density at radius 3 is 2.17 bits per heavy atom. The van der Waals surface area contributed by atoms with Crippen molar-refractivity contribution in [3.8, 4) is 0 Å². The lowest BCUT2D eigenvalue weighted by atomic mass is 9.87. The van der Waals surface area contributed by atoms with Crippen LogP contribution in [-0.2, 0) is 4.79 Å². The molecule has 70 valence electrons. The molecule has 0 aromatic heterocycles. The minimum Gasteiger partial charge on any atom is -0.481 e. The number of aliphatic carboxylic acids is 1. The second-order valence-electron chi connectivity index (χ2n) is 3.28. The first-order valence-corrected chi connectivity index (χ1v) is 3.64. The van der Waals surface area contributed by atoms with E-state index in [0.717, 1.165) is 0 Å². The average Bonchev–Trinajstić information content (AvgIpc) is 2.27. The van der Waals surface area contributed by atoms with Gasteiger partial charge in [0.05, 0.1) is 12.0 Å². The first kappa shape index (κ1) is 9.38. The molecule has 5 heteroatoms. The van der Waals surface area contributed by atoms with Crippen molar-refractivity contribution in [3.05, 3.63) is 0 Å². The molecule has 0 amide bonds. The summed E-state index contributed by atoms with van der Waals surface area (Å²) < 4.78 is 25.2. The highest BCUT2D eigenvalue weighted by atomic mass is 19.3. The van der Waals surface area contributed by atoms with Crippen LogP contribution in [0.15, 0.2) is 0 Å². The van der Waals surface area contributed by atoms with Crippen LogP contribution in [-0.4, -0.2) is 28.7 Å². The van der Waals surface area contributed by atoms with Crippen LogP contribution in [0.25, 0.3) is 0 Å². The van der Waals surface area contributed by atoms with Gasteiger partial charge in [-0.3, -0.25) is 4.79 Å². The van der Waals surface area contributed by atoms with Gasteiger partial charge in [-0.25, -0.2) is 8.78 Å². The Balaban J connectivity index is 2.80. The fourth-order valence-electron chi connectivity index (χ4n) is 1.48. The van der Waals surface area contributed by atoms with Crippen molar-refractivity contribution in [2.75, 3.05) is 6.61 Å². The number of carboxylic acids is 1. The molecule has 1 unspecified atom stereocenters. The second-order valence-corrected chi connectivity index (χ2v) is 3.28. The Kier molecular flexibility index (Phi) is 2.07. The highest BCUT2D eigenvalue weighted by Crippen LogP contribution is 2.47. The highest BCUT2D eigenvalue weighted by molar-refractivity contribution is 5.75. The first-order chi connectivity index (χ1) is 5.42. The minimum absolute atomic E-state index is 0.147. The highest BCUT2D eigenvalue weighted by Gasteiger charge is 2.53. The third kappa shape index (κ3) is 1.41. The third-order valence-corrected chi connectivity index (χ3v) is 2.32. The molecule has 1 aliphatic carbocycles. The predicted molar refractivity (Wildman–Crippen MR) is 36.0 cm³/mol. The molecule has 1 saturated carbocycles. The topological polar surface area (TPSA) is 57.5 Å². The fourth-order valence-corrected chi connectivity index (χ4v) is 1.48. The standard InChI is InChI=1S/C7H10F2O3/c8-7(9)2-1-6(3-7,4-10)5(11)12/h10H,1-4H2,(H,11,12). The van der Waals surface area contributed by atoms with Crippen molar-refractivity contribution < 1.29 is 23.8 Å². The summed E-state index contributed by atoms with van der Waals surface area (Å²) in [5, 5.41) is 17.3. The number of halogens is 2. The number of carboxylic acid groups (broad SMARTS) is 1. The number of carbonyl (C=O) groups is 1. The molecule has 0 aromatic rings. The third-order valence-electron chi connectivity index (χ3n) is 2.32. The van der Waals surface area contributed by atoms with Crippen molar-refractivity contribution in [1.82, 2.24) is 0 Å². The fraction of sp³-hybridized carbons (Fsp3) is 0.857. The predicted octanol–water partition coefficient (Wildman–Crippen LogP) is 0.869. The zero-order valence-corrected chi connectivity index (χ0v) is 6.39. The van der Waals surface area contributed by atoms with Crippen LogP contribution in [0.5, 0.6) is 0 Å². The van der Waals surface area contributed by atoms with Crippen molar-refractivity contribution in [2.45, 2.75) is 25.2 Å². The summed E-state index contributed by atoms with van der Waals surface area (Å²) in [6.45, 7) is -0.710. The smallest absolute Gasteiger partial charge is 0.312 e. The van der Waals surface area contributed by atoms with Crippen LogP contribution in [0.4, 0.5) is 8.78 Å². The molecule has 0 heterocycles. The van der Waals surface area contributed by atoms with E-state index in [1.165, 1.54) is 0 Å². The van der Waals surface area contributed by atoms with E-state index < -0.39 is 36.8 Å². The summed E-state index contributed by atoms with van der Waals surface area (Å²) in [6.07, 6.45) is -1.34. The molecule has 1 fully saturated rings. The van der Waals surface area contributed by atoms with E-state index in [1.807, 2.05) is 0 Å². The first-order valence-electron chi connectivity index (χ1n) is 3.64. The van der Waals surface area contributed by atoms with Crippen LogP contribution in [0.2, 0.25) is 0 Å². The lowest BCUT2D eigenvalue weighted by Gasteiger charge is -2.20. The number of alkyl halides is 2. The van der Waals surface area contributed by atoms with Gasteiger partial charge in [0.2, 0.25) is 5.92 Å². The Morgan fingerprint density at radius 2 is 2.00 bits per heavy atom. The van der Waals surface area contributed by atoms with Crippen molar-refractivity contribution in [3.63, 3.8) is 0 Å². The molecule has 0 aliphatic heterocycles. The van der Waals surface area contributed by atoms with E-state index in [0.29, 0.717) is 0 Å². The van der Waals surface area contributed by atoms with E-state index in [4.69, 9.17) is 10.2 Å². The number of hydrogen-bond acceptors (Lipinski definition) is 2. The van der Waals surface area contributed by atoms with E-state index in [-0.39, 0.29) is 6.42 Å². The van der Waals surface area contributed by atoms with E-state index in [2.05, 4.69) is 0 Å². The summed E-state index contributed by atoms with van der Waals surface area (Å²) >= 11 is 0. The average molecular weight is 180 g/mol. The zero-order valence-electron chi connectivity index (χ0n) is 6.39. The van der Waals surface area contributed by atoms with Crippen LogP contribution < -0.4 is 0 Å². The SMILES string of the molecule is O=C(O)C1(CO)CCC(F)(F)C1. The maximum absolute atomic E-state index is 12.6. The van der Waals surface area contributed by atoms with Gasteiger partial charge in [0.25, 0.3) is 0 Å². The maximum atomic E-state index is 12.6. The zero-order chi connectivity index (χ0) is 9.41. The maximum Gasteiger partial charge on any atom is 0.312 e. The normalized spacial score (nSPS) is 33.6. The molecule has 1 rings (SSSR count). The lowest BCUT2D eigenvalue weighted by molar-refractivity contribution is -0.153. The van der Waals surface area contributed by atoms with Gasteiger partial charge in [-0.05, 0) is 6.42 Å². The van der Waals surface area contributed by atoms with E-state index in [9.17, 15) is 13.6 Å². The van der Waals surface area contributed by atoms with Crippen molar-refractivity contribution >= 4 is 5.97 Å². The molecule has 0 radical (unpaired) electrons. The van der Waals surface area contributed by atoms with Crippen LogP contribution in [0.1, 0.15) is 19.3 Å². The summed E-state index contributed by atoms with van der Waals surface area (Å²) in [4.78, 5) is 10.5. The van der Waals surface area contributed by atoms with Crippen molar-refractivity contribution in [2.24, 2.45) is 5.41 Å². The van der Waals surface area contributed by atoms with Crippen LogP contribution in [0.3, 0.4) is 0 Å². The number of aliphatic hydroxyl groups is 1. The lowest BCUT2D eigenvalue weighted by Crippen LogP contribution is -2.33. The Bertz CT molecular complexity index is 205. The summed E-state index contributed by atoms with van der Waals surface area (Å²) in [5.74, 6) is -4.26. The Labute approximate surface area is 68.0 Å².